The number of piperidine rings is 1. The molecule has 0 aromatic heterocycles. The molecule has 0 N–H and O–H groups in total. The Morgan fingerprint density at radius 1 is 1.21 bits per heavy atom. The number of methoxy groups -OCH3 is 2. The fourth-order valence-electron chi connectivity index (χ4n) is 2.49. The summed E-state index contributed by atoms with van der Waals surface area (Å²) in [7, 11) is 3.18. The van der Waals surface area contributed by atoms with Crippen molar-refractivity contribution in [3.05, 3.63) is 23.8 Å². The first kappa shape index (κ1) is 13.7. The van der Waals surface area contributed by atoms with Gasteiger partial charge in [0.1, 0.15) is 11.5 Å². The lowest BCUT2D eigenvalue weighted by Gasteiger charge is -2.31. The van der Waals surface area contributed by atoms with Crippen LogP contribution >= 0.6 is 0 Å². The lowest BCUT2D eigenvalue weighted by Crippen LogP contribution is -2.39. The van der Waals surface area contributed by atoms with E-state index in [-0.39, 0.29) is 5.91 Å². The van der Waals surface area contributed by atoms with E-state index < -0.39 is 0 Å². The number of likely N-dealkylation sites (tertiary alicyclic amines) is 1. The van der Waals surface area contributed by atoms with E-state index in [0.29, 0.717) is 23.0 Å². The monoisotopic (exact) mass is 263 g/mol. The molecule has 1 aromatic rings. The van der Waals surface area contributed by atoms with Crippen LogP contribution in [0.1, 0.15) is 30.1 Å². The molecule has 0 aliphatic carbocycles. The summed E-state index contributed by atoms with van der Waals surface area (Å²) in [6, 6.07) is 5.31. The third kappa shape index (κ3) is 3.19. The Balaban J connectivity index is 2.22. The predicted molar refractivity (Wildman–Crippen MR) is 73.8 cm³/mol. The van der Waals surface area contributed by atoms with Gasteiger partial charge in [-0.2, -0.15) is 0 Å². The highest BCUT2D eigenvalue weighted by Gasteiger charge is 2.22. The molecule has 1 amide bonds. The predicted octanol–water partition coefficient (Wildman–Crippen LogP) is 2.58. The van der Waals surface area contributed by atoms with Gasteiger partial charge in [0.15, 0.2) is 0 Å². The van der Waals surface area contributed by atoms with E-state index in [2.05, 4.69) is 6.92 Å². The highest BCUT2D eigenvalue weighted by molar-refractivity contribution is 5.95. The first-order valence-electron chi connectivity index (χ1n) is 6.66. The van der Waals surface area contributed by atoms with Gasteiger partial charge in [-0.15, -0.1) is 0 Å². The minimum atomic E-state index is 0.0590. The van der Waals surface area contributed by atoms with Crippen molar-refractivity contribution >= 4 is 5.91 Å². The van der Waals surface area contributed by atoms with Crippen LogP contribution in [-0.2, 0) is 0 Å². The van der Waals surface area contributed by atoms with Crippen molar-refractivity contribution in [1.29, 1.82) is 0 Å². The molecule has 4 nitrogen and oxygen atoms in total. The van der Waals surface area contributed by atoms with E-state index in [0.717, 1.165) is 19.5 Å². The highest BCUT2D eigenvalue weighted by atomic mass is 16.5. The van der Waals surface area contributed by atoms with Crippen molar-refractivity contribution in [3.8, 4) is 11.5 Å². The van der Waals surface area contributed by atoms with Crippen LogP contribution in [0.15, 0.2) is 18.2 Å². The van der Waals surface area contributed by atoms with Crippen LogP contribution in [-0.4, -0.2) is 38.1 Å². The lowest BCUT2D eigenvalue weighted by molar-refractivity contribution is 0.0682. The van der Waals surface area contributed by atoms with Crippen molar-refractivity contribution in [2.75, 3.05) is 27.3 Å². The van der Waals surface area contributed by atoms with Gasteiger partial charge in [0, 0.05) is 24.7 Å². The molecule has 1 aliphatic heterocycles. The van der Waals surface area contributed by atoms with Crippen molar-refractivity contribution in [1.82, 2.24) is 4.90 Å². The average Bonchev–Trinajstić information content (AvgIpc) is 2.45. The molecule has 1 aromatic carbocycles. The Labute approximate surface area is 114 Å². The molecule has 1 aliphatic rings. The first-order chi connectivity index (χ1) is 9.13. The fraction of sp³-hybridized carbons (Fsp3) is 0.533. The molecule has 0 saturated carbocycles. The second-order valence-electron chi connectivity index (χ2n) is 5.10. The largest absolute Gasteiger partial charge is 0.497 e. The Bertz CT molecular complexity index is 436. The zero-order valence-corrected chi connectivity index (χ0v) is 11.8. The smallest absolute Gasteiger partial charge is 0.254 e. The van der Waals surface area contributed by atoms with E-state index >= 15 is 0 Å². The van der Waals surface area contributed by atoms with E-state index in [1.165, 1.54) is 6.42 Å². The minimum Gasteiger partial charge on any atom is -0.497 e. The Morgan fingerprint density at radius 3 is 2.37 bits per heavy atom. The standard InChI is InChI=1S/C15H21NO3/c1-11-5-4-6-16(10-11)15(17)12-7-13(18-2)9-14(8-12)19-3/h7-9,11H,4-6,10H2,1-3H3/t11-/m1/s1. The topological polar surface area (TPSA) is 38.8 Å². The van der Waals surface area contributed by atoms with Crippen molar-refractivity contribution in [3.63, 3.8) is 0 Å². The van der Waals surface area contributed by atoms with Gasteiger partial charge in [-0.3, -0.25) is 4.79 Å². The Kier molecular flexibility index (Phi) is 4.30. The van der Waals surface area contributed by atoms with Gasteiger partial charge < -0.3 is 14.4 Å². The summed E-state index contributed by atoms with van der Waals surface area (Å²) in [6.07, 6.45) is 2.28. The van der Waals surface area contributed by atoms with Crippen LogP contribution in [0.2, 0.25) is 0 Å². The maximum atomic E-state index is 12.5. The summed E-state index contributed by atoms with van der Waals surface area (Å²) < 4.78 is 10.4. The number of ether oxygens (including phenoxy) is 2. The Hall–Kier alpha value is -1.71. The summed E-state index contributed by atoms with van der Waals surface area (Å²) in [5, 5.41) is 0. The molecule has 1 atom stereocenters. The normalized spacial score (nSPS) is 19.1. The van der Waals surface area contributed by atoms with E-state index in [1.807, 2.05) is 4.90 Å². The van der Waals surface area contributed by atoms with Gasteiger partial charge in [-0.25, -0.2) is 0 Å². The average molecular weight is 263 g/mol. The maximum absolute atomic E-state index is 12.5. The van der Waals surface area contributed by atoms with E-state index in [9.17, 15) is 4.79 Å². The number of hydrogen-bond donors (Lipinski definition) is 0. The molecule has 4 heteroatoms. The van der Waals surface area contributed by atoms with Crippen molar-refractivity contribution in [2.45, 2.75) is 19.8 Å². The lowest BCUT2D eigenvalue weighted by atomic mass is 9.99. The molecule has 1 saturated heterocycles. The van der Waals surface area contributed by atoms with E-state index in [1.54, 1.807) is 32.4 Å². The quantitative estimate of drug-likeness (QED) is 0.841. The zero-order valence-electron chi connectivity index (χ0n) is 11.8. The highest BCUT2D eigenvalue weighted by Crippen LogP contribution is 2.25. The first-order valence-corrected chi connectivity index (χ1v) is 6.66. The zero-order chi connectivity index (χ0) is 13.8. The molecular formula is C15H21NO3. The maximum Gasteiger partial charge on any atom is 0.254 e. The Morgan fingerprint density at radius 2 is 1.84 bits per heavy atom. The van der Waals surface area contributed by atoms with Gasteiger partial charge in [0.05, 0.1) is 14.2 Å². The molecule has 19 heavy (non-hydrogen) atoms. The van der Waals surface area contributed by atoms with Crippen LogP contribution < -0.4 is 9.47 Å². The number of nitrogens with zero attached hydrogens (tertiary/aromatic N) is 1. The molecule has 0 spiro atoms. The molecule has 0 unspecified atom stereocenters. The number of amides is 1. The molecule has 1 fully saturated rings. The van der Waals surface area contributed by atoms with Crippen LogP contribution in [0, 0.1) is 5.92 Å². The number of benzene rings is 1. The van der Waals surface area contributed by atoms with Crippen LogP contribution in [0.4, 0.5) is 0 Å². The van der Waals surface area contributed by atoms with Gasteiger partial charge in [-0.05, 0) is 30.9 Å². The molecule has 104 valence electrons. The molecular weight excluding hydrogens is 242 g/mol. The van der Waals surface area contributed by atoms with Gasteiger partial charge in [0.25, 0.3) is 5.91 Å². The number of carbonyl (C=O) groups is 1. The molecule has 0 radical (unpaired) electrons. The van der Waals surface area contributed by atoms with Gasteiger partial charge in [0.2, 0.25) is 0 Å². The SMILES string of the molecule is COc1cc(OC)cc(C(=O)N2CCC[C@@H](C)C2)c1. The second-order valence-corrected chi connectivity index (χ2v) is 5.10. The van der Waals surface area contributed by atoms with Crippen LogP contribution in [0.3, 0.4) is 0 Å². The van der Waals surface area contributed by atoms with E-state index in [4.69, 9.17) is 9.47 Å². The minimum absolute atomic E-state index is 0.0590. The van der Waals surface area contributed by atoms with Gasteiger partial charge >= 0.3 is 0 Å². The third-order valence-electron chi connectivity index (χ3n) is 3.54. The molecule has 1 heterocycles. The van der Waals surface area contributed by atoms with Crippen molar-refractivity contribution < 1.29 is 14.3 Å². The van der Waals surface area contributed by atoms with Gasteiger partial charge in [-0.1, -0.05) is 6.92 Å². The van der Waals surface area contributed by atoms with Crippen LogP contribution in [0.25, 0.3) is 0 Å². The van der Waals surface area contributed by atoms with Crippen LogP contribution in [0.5, 0.6) is 11.5 Å². The summed E-state index contributed by atoms with van der Waals surface area (Å²) >= 11 is 0. The second kappa shape index (κ2) is 5.95. The summed E-state index contributed by atoms with van der Waals surface area (Å²) in [5.41, 5.74) is 0.630. The summed E-state index contributed by atoms with van der Waals surface area (Å²) in [5.74, 6) is 1.93. The number of rotatable bonds is 3. The molecule has 0 bridgehead atoms. The number of hydrogen-bond acceptors (Lipinski definition) is 3. The summed E-state index contributed by atoms with van der Waals surface area (Å²) in [4.78, 5) is 14.4. The third-order valence-corrected chi connectivity index (χ3v) is 3.54. The summed E-state index contributed by atoms with van der Waals surface area (Å²) in [6.45, 7) is 3.85. The number of carbonyl (C=O) groups excluding carboxylic acids is 1. The molecule has 2 rings (SSSR count). The fourth-order valence-corrected chi connectivity index (χ4v) is 2.49. The van der Waals surface area contributed by atoms with Crippen molar-refractivity contribution in [2.24, 2.45) is 5.92 Å².